The maximum atomic E-state index is 2.20. The van der Waals surface area contributed by atoms with Gasteiger partial charge in [-0.3, -0.25) is 0 Å². The zero-order valence-electron chi connectivity index (χ0n) is 11.6. The molecule has 0 radical (unpaired) electrons. The predicted octanol–water partition coefficient (Wildman–Crippen LogP) is 5.42. The molecule has 1 nitrogen and oxygen atoms in total. The molecule has 0 atom stereocenters. The lowest BCUT2D eigenvalue weighted by Gasteiger charge is -2.03. The molecular weight excluding hydrogens is 254 g/mol. The Balaban J connectivity index is 1.89. The zero-order chi connectivity index (χ0) is 14.1. The number of hydrogen-bond donors (Lipinski definition) is 0. The predicted molar refractivity (Wildman–Crippen MR) is 91.1 cm³/mol. The third-order valence-electron chi connectivity index (χ3n) is 3.83. The molecule has 0 saturated heterocycles. The van der Waals surface area contributed by atoms with E-state index in [4.69, 9.17) is 0 Å². The van der Waals surface area contributed by atoms with Crippen molar-refractivity contribution in [2.45, 2.75) is 0 Å². The van der Waals surface area contributed by atoms with Crippen LogP contribution in [0.3, 0.4) is 0 Å². The molecule has 0 saturated carbocycles. The Morgan fingerprint density at radius 3 is 2.33 bits per heavy atom. The molecule has 0 amide bonds. The standard InChI is InChI=1S/C20H15N/c1-2-6-16(7-3-1)12-14-21-15-13-18-11-10-17-8-4-5-9-19(17)20(18)21/h1-15H. The van der Waals surface area contributed by atoms with Crippen LogP contribution in [0.2, 0.25) is 0 Å². The van der Waals surface area contributed by atoms with E-state index in [1.165, 1.54) is 27.2 Å². The van der Waals surface area contributed by atoms with Crippen molar-refractivity contribution in [2.24, 2.45) is 0 Å². The van der Waals surface area contributed by atoms with E-state index in [0.717, 1.165) is 0 Å². The fourth-order valence-electron chi connectivity index (χ4n) is 2.78. The Morgan fingerprint density at radius 1 is 0.667 bits per heavy atom. The molecule has 0 N–H and O–H groups in total. The Hall–Kier alpha value is -2.80. The molecule has 4 rings (SSSR count). The van der Waals surface area contributed by atoms with E-state index in [1.807, 2.05) is 6.07 Å². The van der Waals surface area contributed by atoms with Crippen LogP contribution in [-0.4, -0.2) is 4.57 Å². The minimum absolute atomic E-state index is 1.21. The first-order valence-electron chi connectivity index (χ1n) is 7.13. The molecule has 0 aliphatic rings. The fraction of sp³-hybridized carbons (Fsp3) is 0. The molecule has 1 heterocycles. The first-order valence-corrected chi connectivity index (χ1v) is 7.13. The van der Waals surface area contributed by atoms with Crippen molar-refractivity contribution < 1.29 is 0 Å². The highest BCUT2D eigenvalue weighted by Gasteiger charge is 2.03. The van der Waals surface area contributed by atoms with Gasteiger partial charge < -0.3 is 4.57 Å². The minimum Gasteiger partial charge on any atom is -0.323 e. The molecule has 3 aromatic carbocycles. The molecule has 0 fully saturated rings. The SMILES string of the molecule is C(=Cn1ccc2ccc3ccccc3c21)c1ccccc1. The molecule has 1 aromatic heterocycles. The van der Waals surface area contributed by atoms with Crippen LogP contribution in [0.25, 0.3) is 34.0 Å². The molecule has 0 bridgehead atoms. The van der Waals surface area contributed by atoms with Crippen LogP contribution < -0.4 is 0 Å². The van der Waals surface area contributed by atoms with Gasteiger partial charge in [-0.05, 0) is 23.1 Å². The minimum atomic E-state index is 1.21. The van der Waals surface area contributed by atoms with E-state index in [0.29, 0.717) is 0 Å². The monoisotopic (exact) mass is 269 g/mol. The molecule has 4 aromatic rings. The van der Waals surface area contributed by atoms with Crippen LogP contribution in [0, 0.1) is 0 Å². The first-order chi connectivity index (χ1) is 10.4. The topological polar surface area (TPSA) is 4.93 Å². The summed E-state index contributed by atoms with van der Waals surface area (Å²) in [5, 5.41) is 3.84. The van der Waals surface area contributed by atoms with Gasteiger partial charge >= 0.3 is 0 Å². The third-order valence-corrected chi connectivity index (χ3v) is 3.83. The highest BCUT2D eigenvalue weighted by Crippen LogP contribution is 2.26. The van der Waals surface area contributed by atoms with Crippen molar-refractivity contribution >= 4 is 34.0 Å². The molecule has 0 aliphatic carbocycles. The van der Waals surface area contributed by atoms with Gasteiger partial charge in [-0.25, -0.2) is 0 Å². The van der Waals surface area contributed by atoms with Crippen molar-refractivity contribution in [1.29, 1.82) is 0 Å². The summed E-state index contributed by atoms with van der Waals surface area (Å²) in [7, 11) is 0. The van der Waals surface area contributed by atoms with Gasteiger partial charge in [-0.15, -0.1) is 0 Å². The molecular formula is C20H15N. The number of nitrogens with zero attached hydrogens (tertiary/aromatic N) is 1. The lowest BCUT2D eigenvalue weighted by atomic mass is 10.1. The van der Waals surface area contributed by atoms with E-state index in [-0.39, 0.29) is 0 Å². The van der Waals surface area contributed by atoms with Gasteiger partial charge in [0.25, 0.3) is 0 Å². The number of rotatable bonds is 2. The van der Waals surface area contributed by atoms with E-state index in [2.05, 4.69) is 89.8 Å². The van der Waals surface area contributed by atoms with Crippen LogP contribution >= 0.6 is 0 Å². The molecule has 0 unspecified atom stereocenters. The number of aromatic nitrogens is 1. The molecule has 21 heavy (non-hydrogen) atoms. The van der Waals surface area contributed by atoms with Gasteiger partial charge in [0.2, 0.25) is 0 Å². The van der Waals surface area contributed by atoms with Crippen LogP contribution in [0.1, 0.15) is 5.56 Å². The Morgan fingerprint density at radius 2 is 1.43 bits per heavy atom. The maximum absolute atomic E-state index is 2.20. The summed E-state index contributed by atoms with van der Waals surface area (Å²) in [4.78, 5) is 0. The van der Waals surface area contributed by atoms with Crippen molar-refractivity contribution in [3.05, 3.63) is 84.6 Å². The summed E-state index contributed by atoms with van der Waals surface area (Å²) in [5.74, 6) is 0. The lowest BCUT2D eigenvalue weighted by Crippen LogP contribution is -1.85. The van der Waals surface area contributed by atoms with E-state index in [9.17, 15) is 0 Å². The van der Waals surface area contributed by atoms with E-state index < -0.39 is 0 Å². The largest absolute Gasteiger partial charge is 0.323 e. The summed E-state index contributed by atoms with van der Waals surface area (Å²) in [6.45, 7) is 0. The smallest absolute Gasteiger partial charge is 0.0600 e. The van der Waals surface area contributed by atoms with Gasteiger partial charge in [-0.2, -0.15) is 0 Å². The highest BCUT2D eigenvalue weighted by atomic mass is 14.9. The normalized spacial score (nSPS) is 11.6. The van der Waals surface area contributed by atoms with E-state index >= 15 is 0 Å². The van der Waals surface area contributed by atoms with Gasteiger partial charge in [0.05, 0.1) is 5.52 Å². The zero-order valence-corrected chi connectivity index (χ0v) is 11.6. The number of benzene rings is 3. The Bertz CT molecular complexity index is 930. The van der Waals surface area contributed by atoms with Gasteiger partial charge in [-0.1, -0.05) is 66.7 Å². The van der Waals surface area contributed by atoms with Crippen LogP contribution in [0.15, 0.2) is 79.0 Å². The Kier molecular flexibility index (Phi) is 2.82. The second-order valence-corrected chi connectivity index (χ2v) is 5.17. The van der Waals surface area contributed by atoms with Crippen LogP contribution in [-0.2, 0) is 0 Å². The summed E-state index contributed by atoms with van der Waals surface area (Å²) < 4.78 is 2.20. The van der Waals surface area contributed by atoms with Gasteiger partial charge in [0, 0.05) is 23.2 Å². The quantitative estimate of drug-likeness (QED) is 0.457. The average Bonchev–Trinajstić information content (AvgIpc) is 2.97. The summed E-state index contributed by atoms with van der Waals surface area (Å²) in [6.07, 6.45) is 6.39. The average molecular weight is 269 g/mol. The molecule has 1 heteroatoms. The summed E-state index contributed by atoms with van der Waals surface area (Å²) >= 11 is 0. The summed E-state index contributed by atoms with van der Waals surface area (Å²) in [5.41, 5.74) is 2.47. The molecule has 0 aliphatic heterocycles. The highest BCUT2D eigenvalue weighted by molar-refractivity contribution is 6.06. The Labute approximate surface area is 123 Å². The molecule has 0 spiro atoms. The van der Waals surface area contributed by atoms with Crippen molar-refractivity contribution in [1.82, 2.24) is 4.57 Å². The van der Waals surface area contributed by atoms with Crippen LogP contribution in [0.4, 0.5) is 0 Å². The maximum Gasteiger partial charge on any atom is 0.0600 e. The summed E-state index contributed by atoms with van der Waals surface area (Å²) in [6, 6.07) is 25.4. The second kappa shape index (κ2) is 4.95. The van der Waals surface area contributed by atoms with E-state index in [1.54, 1.807) is 0 Å². The second-order valence-electron chi connectivity index (χ2n) is 5.17. The fourth-order valence-corrected chi connectivity index (χ4v) is 2.78. The van der Waals surface area contributed by atoms with Crippen LogP contribution in [0.5, 0.6) is 0 Å². The van der Waals surface area contributed by atoms with Crippen molar-refractivity contribution in [2.75, 3.05) is 0 Å². The number of fused-ring (bicyclic) bond motifs is 3. The van der Waals surface area contributed by atoms with Crippen molar-refractivity contribution in [3.63, 3.8) is 0 Å². The molecule has 100 valence electrons. The third kappa shape index (κ3) is 2.13. The number of hydrogen-bond acceptors (Lipinski definition) is 0. The van der Waals surface area contributed by atoms with Gasteiger partial charge in [0.1, 0.15) is 0 Å². The van der Waals surface area contributed by atoms with Gasteiger partial charge in [0.15, 0.2) is 0 Å². The van der Waals surface area contributed by atoms with Crippen molar-refractivity contribution in [3.8, 4) is 0 Å². The lowest BCUT2D eigenvalue weighted by molar-refractivity contribution is 1.24. The first kappa shape index (κ1) is 12.0.